The lowest BCUT2D eigenvalue weighted by molar-refractivity contribution is 0.582. The van der Waals surface area contributed by atoms with Gasteiger partial charge in [0.2, 0.25) is 0 Å². The average Bonchev–Trinajstić information content (AvgIpc) is 2.38. The standard InChI is InChI=1S/C15H14F3N/c1-9-3-6-13(17)14(15(9)18)12-7-11(16)5-4-10(12)8-19-2/h3-7,19H,8H2,1-2H3. The fourth-order valence-corrected chi connectivity index (χ4v) is 2.03. The summed E-state index contributed by atoms with van der Waals surface area (Å²) in [5, 5.41) is 2.90. The van der Waals surface area contributed by atoms with Crippen LogP contribution in [-0.4, -0.2) is 7.05 Å². The smallest absolute Gasteiger partial charge is 0.136 e. The van der Waals surface area contributed by atoms with Crippen molar-refractivity contribution in [2.24, 2.45) is 0 Å². The summed E-state index contributed by atoms with van der Waals surface area (Å²) in [7, 11) is 1.72. The molecule has 0 saturated heterocycles. The molecule has 0 aliphatic carbocycles. The molecule has 2 aromatic rings. The Labute approximate surface area is 110 Å². The predicted octanol–water partition coefficient (Wildman–Crippen LogP) is 3.80. The maximum absolute atomic E-state index is 14.1. The Bertz CT molecular complexity index is 609. The average molecular weight is 265 g/mol. The highest BCUT2D eigenvalue weighted by molar-refractivity contribution is 5.69. The van der Waals surface area contributed by atoms with Crippen molar-refractivity contribution in [3.8, 4) is 11.1 Å². The number of benzene rings is 2. The van der Waals surface area contributed by atoms with Gasteiger partial charge in [-0.25, -0.2) is 13.2 Å². The number of hydrogen-bond donors (Lipinski definition) is 1. The summed E-state index contributed by atoms with van der Waals surface area (Å²) in [6.45, 7) is 1.96. The molecule has 0 saturated carbocycles. The number of hydrogen-bond acceptors (Lipinski definition) is 1. The molecule has 1 N–H and O–H groups in total. The molecule has 0 unspecified atom stereocenters. The van der Waals surface area contributed by atoms with Crippen molar-refractivity contribution >= 4 is 0 Å². The van der Waals surface area contributed by atoms with E-state index in [9.17, 15) is 13.2 Å². The number of halogens is 3. The second-order valence-corrected chi connectivity index (χ2v) is 4.39. The fraction of sp³-hybridized carbons (Fsp3) is 0.200. The predicted molar refractivity (Wildman–Crippen MR) is 69.3 cm³/mol. The Morgan fingerprint density at radius 3 is 2.47 bits per heavy atom. The summed E-state index contributed by atoms with van der Waals surface area (Å²) in [5.74, 6) is -1.86. The van der Waals surface area contributed by atoms with E-state index in [0.29, 0.717) is 17.7 Å². The van der Waals surface area contributed by atoms with Crippen molar-refractivity contribution in [3.63, 3.8) is 0 Å². The van der Waals surface area contributed by atoms with Crippen molar-refractivity contribution in [1.29, 1.82) is 0 Å². The molecule has 0 fully saturated rings. The maximum Gasteiger partial charge on any atom is 0.136 e. The monoisotopic (exact) mass is 265 g/mol. The first-order valence-electron chi connectivity index (χ1n) is 5.92. The van der Waals surface area contributed by atoms with Gasteiger partial charge in [-0.3, -0.25) is 0 Å². The van der Waals surface area contributed by atoms with Crippen LogP contribution in [-0.2, 0) is 6.54 Å². The molecule has 4 heteroatoms. The van der Waals surface area contributed by atoms with Crippen LogP contribution in [0, 0.1) is 24.4 Å². The Morgan fingerprint density at radius 1 is 1.05 bits per heavy atom. The molecule has 100 valence electrons. The minimum atomic E-state index is -0.689. The normalized spacial score (nSPS) is 10.8. The van der Waals surface area contributed by atoms with E-state index in [-0.39, 0.29) is 11.1 Å². The van der Waals surface area contributed by atoms with Crippen molar-refractivity contribution in [2.45, 2.75) is 13.5 Å². The van der Waals surface area contributed by atoms with Gasteiger partial charge < -0.3 is 5.32 Å². The third-order valence-electron chi connectivity index (χ3n) is 2.99. The highest BCUT2D eigenvalue weighted by Gasteiger charge is 2.17. The van der Waals surface area contributed by atoms with Crippen LogP contribution in [0.5, 0.6) is 0 Å². The zero-order chi connectivity index (χ0) is 14.0. The summed E-state index contributed by atoms with van der Waals surface area (Å²) in [4.78, 5) is 0. The van der Waals surface area contributed by atoms with E-state index in [1.54, 1.807) is 14.0 Å². The summed E-state index contributed by atoms with van der Waals surface area (Å²) in [6.07, 6.45) is 0. The van der Waals surface area contributed by atoms with Crippen LogP contribution in [0.2, 0.25) is 0 Å². The Morgan fingerprint density at radius 2 is 1.79 bits per heavy atom. The first-order valence-corrected chi connectivity index (χ1v) is 5.92. The van der Waals surface area contributed by atoms with Gasteiger partial charge in [0.25, 0.3) is 0 Å². The van der Waals surface area contributed by atoms with Crippen LogP contribution in [0.1, 0.15) is 11.1 Å². The van der Waals surface area contributed by atoms with Gasteiger partial charge in [-0.15, -0.1) is 0 Å². The minimum Gasteiger partial charge on any atom is -0.316 e. The molecular weight excluding hydrogens is 251 g/mol. The third-order valence-corrected chi connectivity index (χ3v) is 2.99. The number of rotatable bonds is 3. The lowest BCUT2D eigenvalue weighted by Gasteiger charge is -2.12. The second kappa shape index (κ2) is 5.45. The summed E-state index contributed by atoms with van der Waals surface area (Å²) < 4.78 is 41.4. The molecule has 1 nitrogen and oxygen atoms in total. The van der Waals surface area contributed by atoms with Gasteiger partial charge in [-0.05, 0) is 48.9 Å². The quantitative estimate of drug-likeness (QED) is 0.890. The molecular formula is C15H14F3N. The highest BCUT2D eigenvalue weighted by atomic mass is 19.1. The molecule has 0 radical (unpaired) electrons. The summed E-state index contributed by atoms with van der Waals surface area (Å²) >= 11 is 0. The molecule has 0 atom stereocenters. The number of aryl methyl sites for hydroxylation is 1. The van der Waals surface area contributed by atoms with E-state index in [4.69, 9.17) is 0 Å². The molecule has 0 aliphatic heterocycles. The Kier molecular flexibility index (Phi) is 3.90. The van der Waals surface area contributed by atoms with Crippen molar-refractivity contribution in [1.82, 2.24) is 5.32 Å². The molecule has 0 aromatic heterocycles. The van der Waals surface area contributed by atoms with E-state index in [1.807, 2.05) is 0 Å². The molecule has 2 aromatic carbocycles. The zero-order valence-corrected chi connectivity index (χ0v) is 10.7. The van der Waals surface area contributed by atoms with Gasteiger partial charge in [-0.2, -0.15) is 0 Å². The van der Waals surface area contributed by atoms with Crippen LogP contribution < -0.4 is 5.32 Å². The van der Waals surface area contributed by atoms with Crippen molar-refractivity contribution in [3.05, 3.63) is 58.9 Å². The van der Waals surface area contributed by atoms with Crippen LogP contribution in [0.4, 0.5) is 13.2 Å². The molecule has 0 aliphatic rings. The maximum atomic E-state index is 14.1. The van der Waals surface area contributed by atoms with Crippen LogP contribution in [0.3, 0.4) is 0 Å². The first-order chi connectivity index (χ1) is 9.04. The van der Waals surface area contributed by atoms with Gasteiger partial charge in [0.05, 0.1) is 5.56 Å². The lowest BCUT2D eigenvalue weighted by atomic mass is 9.96. The minimum absolute atomic E-state index is 0.176. The van der Waals surface area contributed by atoms with Crippen molar-refractivity contribution < 1.29 is 13.2 Å². The van der Waals surface area contributed by atoms with E-state index >= 15 is 0 Å². The third kappa shape index (κ3) is 2.63. The molecule has 0 spiro atoms. The van der Waals surface area contributed by atoms with Gasteiger partial charge >= 0.3 is 0 Å². The molecule has 19 heavy (non-hydrogen) atoms. The topological polar surface area (TPSA) is 12.0 Å². The van der Waals surface area contributed by atoms with Gasteiger partial charge in [-0.1, -0.05) is 12.1 Å². The summed E-state index contributed by atoms with van der Waals surface area (Å²) in [5.41, 5.74) is 1.04. The fourth-order valence-electron chi connectivity index (χ4n) is 2.03. The zero-order valence-electron chi connectivity index (χ0n) is 10.7. The molecule has 0 amide bonds. The Balaban J connectivity index is 2.70. The largest absolute Gasteiger partial charge is 0.316 e. The SMILES string of the molecule is CNCc1ccc(F)cc1-c1c(F)ccc(C)c1F. The molecule has 0 bridgehead atoms. The van der Waals surface area contributed by atoms with Crippen LogP contribution in [0.15, 0.2) is 30.3 Å². The van der Waals surface area contributed by atoms with E-state index in [2.05, 4.69) is 5.32 Å². The lowest BCUT2D eigenvalue weighted by Crippen LogP contribution is -2.07. The Hall–Kier alpha value is -1.81. The highest BCUT2D eigenvalue weighted by Crippen LogP contribution is 2.31. The van der Waals surface area contributed by atoms with Gasteiger partial charge in [0.1, 0.15) is 17.5 Å². The second-order valence-electron chi connectivity index (χ2n) is 4.39. The number of nitrogens with one attached hydrogen (secondary N) is 1. The van der Waals surface area contributed by atoms with E-state index in [1.165, 1.54) is 24.3 Å². The summed E-state index contributed by atoms with van der Waals surface area (Å²) in [6, 6.07) is 6.53. The van der Waals surface area contributed by atoms with E-state index < -0.39 is 17.5 Å². The van der Waals surface area contributed by atoms with Gasteiger partial charge in [0.15, 0.2) is 0 Å². The molecule has 0 heterocycles. The first kappa shape index (κ1) is 13.6. The van der Waals surface area contributed by atoms with Crippen LogP contribution in [0.25, 0.3) is 11.1 Å². The molecule has 2 rings (SSSR count). The van der Waals surface area contributed by atoms with E-state index in [0.717, 1.165) is 6.07 Å². The van der Waals surface area contributed by atoms with Crippen LogP contribution >= 0.6 is 0 Å². The van der Waals surface area contributed by atoms with Gasteiger partial charge in [0, 0.05) is 6.54 Å². The van der Waals surface area contributed by atoms with Crippen molar-refractivity contribution in [2.75, 3.05) is 7.05 Å².